The highest BCUT2D eigenvalue weighted by molar-refractivity contribution is 5.34. The van der Waals surface area contributed by atoms with Gasteiger partial charge in [0.15, 0.2) is 0 Å². The van der Waals surface area contributed by atoms with Crippen molar-refractivity contribution in [2.45, 2.75) is 51.6 Å². The van der Waals surface area contributed by atoms with Crippen LogP contribution in [-0.4, -0.2) is 11.0 Å². The minimum atomic E-state index is -0.334. The fourth-order valence-electron chi connectivity index (χ4n) is 2.99. The van der Waals surface area contributed by atoms with Crippen molar-refractivity contribution in [2.24, 2.45) is 5.92 Å². The third kappa shape index (κ3) is 3.77. The number of nitrogens with one attached hydrogen (secondary N) is 1. The zero-order valence-electron chi connectivity index (χ0n) is 11.5. The fraction of sp³-hybridized carbons (Fsp3) is 0.600. The van der Waals surface area contributed by atoms with E-state index in [4.69, 9.17) is 0 Å². The van der Waals surface area contributed by atoms with E-state index in [1.54, 1.807) is 18.2 Å². The topological polar surface area (TPSA) is 55.2 Å². The van der Waals surface area contributed by atoms with Gasteiger partial charge in [0.2, 0.25) is 0 Å². The zero-order chi connectivity index (χ0) is 13.7. The number of nitrogens with zero attached hydrogens (tertiary/aromatic N) is 1. The molecule has 0 saturated heterocycles. The summed E-state index contributed by atoms with van der Waals surface area (Å²) < 4.78 is 0. The second kappa shape index (κ2) is 6.66. The summed E-state index contributed by atoms with van der Waals surface area (Å²) in [5.74, 6) is 0.757. The summed E-state index contributed by atoms with van der Waals surface area (Å²) in [6.07, 6.45) is 6.39. The molecule has 104 valence electrons. The molecule has 0 bridgehead atoms. The summed E-state index contributed by atoms with van der Waals surface area (Å²) in [6, 6.07) is 7.48. The monoisotopic (exact) mass is 262 g/mol. The number of hydrogen-bond donors (Lipinski definition) is 1. The summed E-state index contributed by atoms with van der Waals surface area (Å²) in [7, 11) is 0. The molecule has 0 heterocycles. The molecule has 4 heteroatoms. The Balaban J connectivity index is 1.94. The molecular formula is C15H22N2O2. The molecule has 1 aromatic rings. The molecule has 4 nitrogen and oxygen atoms in total. The second-order valence-corrected chi connectivity index (χ2v) is 5.37. The Labute approximate surface area is 114 Å². The van der Waals surface area contributed by atoms with Gasteiger partial charge in [-0.2, -0.15) is 0 Å². The summed E-state index contributed by atoms with van der Waals surface area (Å²) in [4.78, 5) is 10.4. The molecule has 0 aromatic heterocycles. The molecule has 19 heavy (non-hydrogen) atoms. The van der Waals surface area contributed by atoms with Crippen molar-refractivity contribution in [2.75, 3.05) is 0 Å². The van der Waals surface area contributed by atoms with Crippen LogP contribution in [0.25, 0.3) is 0 Å². The summed E-state index contributed by atoms with van der Waals surface area (Å²) in [5.41, 5.74) is 1.17. The standard InChI is InChI=1S/C15H22N2O2/c1-2-13-7-3-4-9-15(13)16-11-12-6-5-8-14(10-12)17(18)19/h5-6,8,10,13,15-16H,2-4,7,9,11H2,1H3. The number of benzene rings is 1. The molecule has 1 fully saturated rings. The van der Waals surface area contributed by atoms with E-state index in [-0.39, 0.29) is 10.6 Å². The normalized spacial score (nSPS) is 23.2. The Morgan fingerprint density at radius 3 is 2.89 bits per heavy atom. The molecule has 1 aromatic carbocycles. The van der Waals surface area contributed by atoms with Gasteiger partial charge in [-0.25, -0.2) is 0 Å². The van der Waals surface area contributed by atoms with Gasteiger partial charge in [-0.15, -0.1) is 0 Å². The SMILES string of the molecule is CCC1CCCCC1NCc1cccc([N+](=O)[O-])c1. The maximum atomic E-state index is 10.7. The minimum Gasteiger partial charge on any atom is -0.310 e. The van der Waals surface area contributed by atoms with Gasteiger partial charge in [-0.1, -0.05) is 38.3 Å². The van der Waals surface area contributed by atoms with Gasteiger partial charge in [0, 0.05) is 24.7 Å². The van der Waals surface area contributed by atoms with Crippen LogP contribution in [0.15, 0.2) is 24.3 Å². The summed E-state index contributed by atoms with van der Waals surface area (Å²) in [5, 5.41) is 14.3. The van der Waals surface area contributed by atoms with Crippen LogP contribution in [0.1, 0.15) is 44.6 Å². The van der Waals surface area contributed by atoms with E-state index < -0.39 is 0 Å². The molecule has 0 aliphatic heterocycles. The lowest BCUT2D eigenvalue weighted by atomic mass is 9.83. The lowest BCUT2D eigenvalue weighted by Gasteiger charge is -2.31. The van der Waals surface area contributed by atoms with Gasteiger partial charge in [-0.05, 0) is 24.3 Å². The number of hydrogen-bond acceptors (Lipinski definition) is 3. The van der Waals surface area contributed by atoms with Crippen LogP contribution in [-0.2, 0) is 6.54 Å². The van der Waals surface area contributed by atoms with E-state index in [2.05, 4.69) is 12.2 Å². The first kappa shape index (κ1) is 14.0. The van der Waals surface area contributed by atoms with Crippen molar-refractivity contribution in [3.63, 3.8) is 0 Å². The van der Waals surface area contributed by atoms with Crippen LogP contribution in [0.2, 0.25) is 0 Å². The highest BCUT2D eigenvalue weighted by Crippen LogP contribution is 2.27. The Hall–Kier alpha value is -1.42. The summed E-state index contributed by atoms with van der Waals surface area (Å²) >= 11 is 0. The van der Waals surface area contributed by atoms with E-state index in [1.807, 2.05) is 6.07 Å². The molecule has 0 radical (unpaired) electrons. The van der Waals surface area contributed by atoms with Crippen LogP contribution in [0, 0.1) is 16.0 Å². The van der Waals surface area contributed by atoms with Gasteiger partial charge >= 0.3 is 0 Å². The van der Waals surface area contributed by atoms with Crippen molar-refractivity contribution in [1.82, 2.24) is 5.32 Å². The zero-order valence-corrected chi connectivity index (χ0v) is 11.5. The quantitative estimate of drug-likeness (QED) is 0.651. The molecule has 1 N–H and O–H groups in total. The number of rotatable bonds is 5. The van der Waals surface area contributed by atoms with Gasteiger partial charge < -0.3 is 5.32 Å². The Morgan fingerprint density at radius 1 is 1.37 bits per heavy atom. The van der Waals surface area contributed by atoms with E-state index in [1.165, 1.54) is 32.1 Å². The maximum Gasteiger partial charge on any atom is 0.269 e. The lowest BCUT2D eigenvalue weighted by molar-refractivity contribution is -0.384. The van der Waals surface area contributed by atoms with Crippen molar-refractivity contribution in [1.29, 1.82) is 0 Å². The van der Waals surface area contributed by atoms with Gasteiger partial charge in [0.05, 0.1) is 4.92 Å². The maximum absolute atomic E-state index is 10.7. The first-order chi connectivity index (χ1) is 9.20. The van der Waals surface area contributed by atoms with E-state index in [0.29, 0.717) is 6.04 Å². The number of non-ortho nitro benzene ring substituents is 1. The van der Waals surface area contributed by atoms with Crippen LogP contribution in [0.5, 0.6) is 0 Å². The van der Waals surface area contributed by atoms with Gasteiger partial charge in [-0.3, -0.25) is 10.1 Å². The highest BCUT2D eigenvalue weighted by Gasteiger charge is 2.22. The largest absolute Gasteiger partial charge is 0.310 e. The van der Waals surface area contributed by atoms with E-state index in [9.17, 15) is 10.1 Å². The van der Waals surface area contributed by atoms with Crippen molar-refractivity contribution >= 4 is 5.69 Å². The minimum absolute atomic E-state index is 0.176. The third-order valence-corrected chi connectivity index (χ3v) is 4.12. The molecule has 2 atom stereocenters. The van der Waals surface area contributed by atoms with E-state index >= 15 is 0 Å². The van der Waals surface area contributed by atoms with Crippen LogP contribution >= 0.6 is 0 Å². The highest BCUT2D eigenvalue weighted by atomic mass is 16.6. The van der Waals surface area contributed by atoms with E-state index in [0.717, 1.165) is 18.0 Å². The van der Waals surface area contributed by atoms with Crippen molar-refractivity contribution in [3.8, 4) is 0 Å². The molecule has 1 aliphatic carbocycles. The van der Waals surface area contributed by atoms with Crippen molar-refractivity contribution < 1.29 is 4.92 Å². The molecule has 2 unspecified atom stereocenters. The first-order valence-electron chi connectivity index (χ1n) is 7.17. The average molecular weight is 262 g/mol. The second-order valence-electron chi connectivity index (χ2n) is 5.37. The van der Waals surface area contributed by atoms with Crippen LogP contribution in [0.4, 0.5) is 5.69 Å². The predicted octanol–water partition coefficient (Wildman–Crippen LogP) is 3.65. The van der Waals surface area contributed by atoms with Crippen molar-refractivity contribution in [3.05, 3.63) is 39.9 Å². The molecule has 1 aliphatic rings. The first-order valence-corrected chi connectivity index (χ1v) is 7.17. The third-order valence-electron chi connectivity index (χ3n) is 4.12. The lowest BCUT2D eigenvalue weighted by Crippen LogP contribution is -2.37. The number of nitro groups is 1. The predicted molar refractivity (Wildman–Crippen MR) is 76.0 cm³/mol. The Morgan fingerprint density at radius 2 is 2.16 bits per heavy atom. The summed E-state index contributed by atoms with van der Waals surface area (Å²) in [6.45, 7) is 2.97. The number of nitro benzene ring substituents is 1. The molecular weight excluding hydrogens is 240 g/mol. The van der Waals surface area contributed by atoms with Gasteiger partial charge in [0.25, 0.3) is 5.69 Å². The Kier molecular flexibility index (Phi) is 4.91. The molecule has 0 amide bonds. The molecule has 1 saturated carbocycles. The average Bonchev–Trinajstić information content (AvgIpc) is 2.45. The molecule has 2 rings (SSSR count). The van der Waals surface area contributed by atoms with Gasteiger partial charge in [0.1, 0.15) is 0 Å². The molecule has 0 spiro atoms. The van der Waals surface area contributed by atoms with Crippen LogP contribution in [0.3, 0.4) is 0 Å². The fourth-order valence-corrected chi connectivity index (χ4v) is 2.99. The smallest absolute Gasteiger partial charge is 0.269 e. The van der Waals surface area contributed by atoms with Crippen LogP contribution < -0.4 is 5.32 Å². The Bertz CT molecular complexity index is 434.